The number of nitrogens with zero attached hydrogens (tertiary/aromatic N) is 2. The van der Waals surface area contributed by atoms with Crippen LogP contribution in [0.4, 0.5) is 5.13 Å². The van der Waals surface area contributed by atoms with E-state index in [0.717, 1.165) is 27.9 Å². The molecule has 2 aromatic heterocycles. The van der Waals surface area contributed by atoms with E-state index in [2.05, 4.69) is 15.3 Å². The molecule has 0 saturated heterocycles. The highest BCUT2D eigenvalue weighted by Gasteiger charge is 2.19. The van der Waals surface area contributed by atoms with E-state index in [1.807, 2.05) is 50.4 Å². The van der Waals surface area contributed by atoms with Crippen molar-refractivity contribution in [1.82, 2.24) is 9.97 Å². The highest BCUT2D eigenvalue weighted by Crippen LogP contribution is 2.24. The van der Waals surface area contributed by atoms with Gasteiger partial charge in [0.05, 0.1) is 16.8 Å². The van der Waals surface area contributed by atoms with Crippen molar-refractivity contribution in [1.29, 1.82) is 0 Å². The minimum Gasteiger partial charge on any atom is -0.452 e. The number of anilines is 1. The van der Waals surface area contributed by atoms with Crippen LogP contribution in [-0.4, -0.2) is 28.5 Å². The maximum atomic E-state index is 12.7. The van der Waals surface area contributed by atoms with Gasteiger partial charge in [0.1, 0.15) is 0 Å². The molecular weight excluding hydrogens is 350 g/mol. The number of fused-ring (bicyclic) bond motifs is 1. The summed E-state index contributed by atoms with van der Waals surface area (Å²) >= 11 is 1.33. The summed E-state index contributed by atoms with van der Waals surface area (Å²) in [5.74, 6) is -0.944. The molecule has 0 radical (unpaired) electrons. The third kappa shape index (κ3) is 3.72. The number of benzene rings is 1. The Balaban J connectivity index is 1.79. The molecule has 26 heavy (non-hydrogen) atoms. The lowest BCUT2D eigenvalue weighted by Gasteiger charge is -2.13. The van der Waals surface area contributed by atoms with Gasteiger partial charge < -0.3 is 4.74 Å². The average molecular weight is 369 g/mol. The molecule has 3 rings (SSSR count). The standard InChI is InChI=1S/C19H19N3O3S/c1-4-14-12(3)17(13-7-5-6-8-15(13)21-14)18(24)25-9-16(23)22-19-20-11(2)10-26-19/h5-8,10H,4,9H2,1-3H3,(H,20,22,23). The number of aryl methyl sites for hydroxylation is 2. The van der Waals surface area contributed by atoms with Gasteiger partial charge in [-0.05, 0) is 31.9 Å². The Labute approximate surface area is 155 Å². The molecular formula is C19H19N3O3S. The average Bonchev–Trinajstić information content (AvgIpc) is 3.03. The third-order valence-corrected chi connectivity index (χ3v) is 4.85. The van der Waals surface area contributed by atoms with Crippen LogP contribution in [0, 0.1) is 13.8 Å². The first kappa shape index (κ1) is 18.0. The maximum absolute atomic E-state index is 12.7. The van der Waals surface area contributed by atoms with Gasteiger partial charge >= 0.3 is 5.97 Å². The molecule has 0 fully saturated rings. The second-order valence-corrected chi connectivity index (χ2v) is 6.71. The van der Waals surface area contributed by atoms with Crippen LogP contribution in [0.2, 0.25) is 0 Å². The predicted octanol–water partition coefficient (Wildman–Crippen LogP) is 3.67. The summed E-state index contributed by atoms with van der Waals surface area (Å²) in [6, 6.07) is 7.43. The second-order valence-electron chi connectivity index (χ2n) is 5.85. The number of para-hydroxylation sites is 1. The number of esters is 1. The monoisotopic (exact) mass is 369 g/mol. The first-order chi connectivity index (χ1) is 12.5. The Hall–Kier alpha value is -2.80. The van der Waals surface area contributed by atoms with Crippen LogP contribution < -0.4 is 5.32 Å². The largest absolute Gasteiger partial charge is 0.452 e. The van der Waals surface area contributed by atoms with Gasteiger partial charge in [-0.15, -0.1) is 11.3 Å². The number of hydrogen-bond donors (Lipinski definition) is 1. The zero-order valence-electron chi connectivity index (χ0n) is 14.8. The number of hydrogen-bond acceptors (Lipinski definition) is 6. The van der Waals surface area contributed by atoms with Gasteiger partial charge in [0.25, 0.3) is 5.91 Å². The molecule has 0 aliphatic carbocycles. The minimum atomic E-state index is -0.527. The van der Waals surface area contributed by atoms with E-state index in [9.17, 15) is 9.59 Å². The summed E-state index contributed by atoms with van der Waals surface area (Å²) in [7, 11) is 0. The Bertz CT molecular complexity index is 981. The lowest BCUT2D eigenvalue weighted by Crippen LogP contribution is -2.21. The third-order valence-electron chi connectivity index (χ3n) is 3.98. The summed E-state index contributed by atoms with van der Waals surface area (Å²) in [5.41, 5.74) is 3.66. The second kappa shape index (κ2) is 7.61. The van der Waals surface area contributed by atoms with E-state index in [4.69, 9.17) is 4.74 Å². The van der Waals surface area contributed by atoms with Gasteiger partial charge in [0.2, 0.25) is 0 Å². The van der Waals surface area contributed by atoms with E-state index in [1.165, 1.54) is 11.3 Å². The molecule has 3 aromatic rings. The lowest BCUT2D eigenvalue weighted by atomic mass is 10.0. The quantitative estimate of drug-likeness (QED) is 0.694. The van der Waals surface area contributed by atoms with Gasteiger partial charge in [0.15, 0.2) is 11.7 Å². The van der Waals surface area contributed by atoms with Crippen molar-refractivity contribution < 1.29 is 14.3 Å². The number of carbonyl (C=O) groups excluding carboxylic acids is 2. The Kier molecular flexibility index (Phi) is 5.27. The molecule has 6 nitrogen and oxygen atoms in total. The van der Waals surface area contributed by atoms with Crippen molar-refractivity contribution in [3.63, 3.8) is 0 Å². The predicted molar refractivity (Wildman–Crippen MR) is 102 cm³/mol. The van der Waals surface area contributed by atoms with Crippen LogP contribution in [0.1, 0.15) is 34.2 Å². The fraction of sp³-hybridized carbons (Fsp3) is 0.263. The zero-order chi connectivity index (χ0) is 18.7. The van der Waals surface area contributed by atoms with E-state index in [-0.39, 0.29) is 6.61 Å². The molecule has 1 aromatic carbocycles. The maximum Gasteiger partial charge on any atom is 0.339 e. The van der Waals surface area contributed by atoms with Gasteiger partial charge in [-0.25, -0.2) is 9.78 Å². The molecule has 0 saturated carbocycles. The number of ether oxygens (including phenoxy) is 1. The van der Waals surface area contributed by atoms with Crippen LogP contribution in [0.25, 0.3) is 10.9 Å². The lowest BCUT2D eigenvalue weighted by molar-refractivity contribution is -0.119. The van der Waals surface area contributed by atoms with Crippen molar-refractivity contribution in [2.24, 2.45) is 0 Å². The first-order valence-electron chi connectivity index (χ1n) is 8.27. The summed E-state index contributed by atoms with van der Waals surface area (Å²) in [6.45, 7) is 5.32. The number of carbonyl (C=O) groups is 2. The van der Waals surface area contributed by atoms with Gasteiger partial charge in [-0.2, -0.15) is 0 Å². The van der Waals surface area contributed by atoms with Crippen LogP contribution in [0.15, 0.2) is 29.6 Å². The zero-order valence-corrected chi connectivity index (χ0v) is 15.6. The molecule has 1 N–H and O–H groups in total. The molecule has 7 heteroatoms. The summed E-state index contributed by atoms with van der Waals surface area (Å²) < 4.78 is 5.26. The van der Waals surface area contributed by atoms with Crippen molar-refractivity contribution in [3.8, 4) is 0 Å². The van der Waals surface area contributed by atoms with E-state index in [1.54, 1.807) is 0 Å². The number of thiazole rings is 1. The molecule has 1 amide bonds. The molecule has 0 bridgehead atoms. The fourth-order valence-corrected chi connectivity index (χ4v) is 3.44. The highest BCUT2D eigenvalue weighted by molar-refractivity contribution is 7.13. The summed E-state index contributed by atoms with van der Waals surface area (Å²) in [6.07, 6.45) is 0.709. The molecule has 0 atom stereocenters. The molecule has 0 spiro atoms. The number of pyridine rings is 1. The fourth-order valence-electron chi connectivity index (χ4n) is 2.74. The van der Waals surface area contributed by atoms with Crippen molar-refractivity contribution >= 4 is 39.2 Å². The Morgan fingerprint density at radius 1 is 1.19 bits per heavy atom. The van der Waals surface area contributed by atoms with Crippen LogP contribution >= 0.6 is 11.3 Å². The van der Waals surface area contributed by atoms with Crippen molar-refractivity contribution in [3.05, 3.63) is 52.2 Å². The summed E-state index contributed by atoms with van der Waals surface area (Å²) in [5, 5.41) is 5.67. The van der Waals surface area contributed by atoms with Crippen molar-refractivity contribution in [2.45, 2.75) is 27.2 Å². The normalized spacial score (nSPS) is 10.7. The number of aromatic nitrogens is 2. The van der Waals surface area contributed by atoms with Crippen LogP contribution in [0.5, 0.6) is 0 Å². The highest BCUT2D eigenvalue weighted by atomic mass is 32.1. The Morgan fingerprint density at radius 3 is 2.65 bits per heavy atom. The topological polar surface area (TPSA) is 81.2 Å². The minimum absolute atomic E-state index is 0.366. The number of nitrogens with one attached hydrogen (secondary N) is 1. The van der Waals surface area contributed by atoms with Gasteiger partial charge in [0, 0.05) is 16.5 Å². The number of rotatable bonds is 5. The van der Waals surface area contributed by atoms with Crippen LogP contribution in [-0.2, 0) is 16.0 Å². The van der Waals surface area contributed by atoms with Gasteiger partial charge in [-0.1, -0.05) is 25.1 Å². The summed E-state index contributed by atoms with van der Waals surface area (Å²) in [4.78, 5) is 33.4. The molecule has 0 aliphatic heterocycles. The molecule has 134 valence electrons. The van der Waals surface area contributed by atoms with Crippen molar-refractivity contribution in [2.75, 3.05) is 11.9 Å². The van der Waals surface area contributed by atoms with Crippen LogP contribution in [0.3, 0.4) is 0 Å². The van der Waals surface area contributed by atoms with Gasteiger partial charge in [-0.3, -0.25) is 15.1 Å². The Morgan fingerprint density at radius 2 is 1.96 bits per heavy atom. The van der Waals surface area contributed by atoms with E-state index < -0.39 is 11.9 Å². The molecule has 0 unspecified atom stereocenters. The number of amides is 1. The van der Waals surface area contributed by atoms with E-state index in [0.29, 0.717) is 17.1 Å². The SMILES string of the molecule is CCc1nc2ccccc2c(C(=O)OCC(=O)Nc2nc(C)cs2)c1C. The molecule has 2 heterocycles. The van der Waals surface area contributed by atoms with E-state index >= 15 is 0 Å². The molecule has 0 aliphatic rings. The first-order valence-corrected chi connectivity index (χ1v) is 9.15. The smallest absolute Gasteiger partial charge is 0.339 e.